The number of ether oxygens (including phenoxy) is 2. The van der Waals surface area contributed by atoms with Crippen LogP contribution in [0.4, 0.5) is 4.79 Å². The van der Waals surface area contributed by atoms with Crippen LogP contribution in [-0.2, 0) is 11.3 Å². The Morgan fingerprint density at radius 1 is 1.11 bits per heavy atom. The molecule has 2 heterocycles. The molecule has 36 heavy (non-hydrogen) atoms. The molecular formula is C30H38N2O4. The van der Waals surface area contributed by atoms with E-state index in [1.807, 2.05) is 52.0 Å². The molecule has 0 N–H and O–H groups in total. The summed E-state index contributed by atoms with van der Waals surface area (Å²) in [6.45, 7) is 13.2. The van der Waals surface area contributed by atoms with Crippen LogP contribution < -0.4 is 4.74 Å². The minimum Gasteiger partial charge on any atom is -0.496 e. The molecule has 192 valence electrons. The van der Waals surface area contributed by atoms with Crippen LogP contribution in [0.5, 0.6) is 5.75 Å². The Morgan fingerprint density at radius 2 is 1.81 bits per heavy atom. The van der Waals surface area contributed by atoms with E-state index in [1.165, 1.54) is 5.56 Å². The van der Waals surface area contributed by atoms with E-state index in [0.717, 1.165) is 52.7 Å². The molecule has 4 rings (SSSR count). The molecule has 2 atom stereocenters. The zero-order chi connectivity index (χ0) is 26.2. The van der Waals surface area contributed by atoms with E-state index in [9.17, 15) is 9.59 Å². The van der Waals surface area contributed by atoms with Gasteiger partial charge in [0.1, 0.15) is 11.4 Å². The third-order valence-corrected chi connectivity index (χ3v) is 7.08. The molecule has 6 nitrogen and oxygen atoms in total. The molecule has 0 aliphatic carbocycles. The van der Waals surface area contributed by atoms with E-state index in [-0.39, 0.29) is 17.9 Å². The van der Waals surface area contributed by atoms with Crippen molar-refractivity contribution >= 4 is 22.8 Å². The van der Waals surface area contributed by atoms with Gasteiger partial charge in [-0.3, -0.25) is 14.3 Å². The molecule has 1 aliphatic heterocycles. The van der Waals surface area contributed by atoms with Gasteiger partial charge in [0.05, 0.1) is 12.6 Å². The normalized spacial score (nSPS) is 18.9. The highest BCUT2D eigenvalue weighted by Gasteiger charge is 2.30. The molecule has 1 fully saturated rings. The lowest BCUT2D eigenvalue weighted by atomic mass is 9.87. The first-order chi connectivity index (χ1) is 17.0. The van der Waals surface area contributed by atoms with Crippen molar-refractivity contribution in [3.05, 3.63) is 64.8 Å². The molecule has 0 amide bonds. The van der Waals surface area contributed by atoms with E-state index in [0.29, 0.717) is 12.5 Å². The SMILES string of the molecule is COc1cc(C)c2c(ccn2C(=O)OC(C)(C)C)c1CN1CCC(C)CC1c1ccc(C(C)=O)cc1. The number of benzene rings is 2. The Kier molecular flexibility index (Phi) is 7.28. The summed E-state index contributed by atoms with van der Waals surface area (Å²) >= 11 is 0. The average molecular weight is 491 g/mol. The highest BCUT2D eigenvalue weighted by molar-refractivity contribution is 5.95. The Hall–Kier alpha value is -3.12. The number of carbonyl (C=O) groups excluding carboxylic acids is 2. The highest BCUT2D eigenvalue weighted by atomic mass is 16.6. The third-order valence-electron chi connectivity index (χ3n) is 7.08. The molecule has 0 bridgehead atoms. The molecule has 2 unspecified atom stereocenters. The first-order valence-electron chi connectivity index (χ1n) is 12.7. The summed E-state index contributed by atoms with van der Waals surface area (Å²) in [5.74, 6) is 1.52. The lowest BCUT2D eigenvalue weighted by Crippen LogP contribution is -2.36. The lowest BCUT2D eigenvalue weighted by Gasteiger charge is -2.39. The maximum Gasteiger partial charge on any atom is 0.419 e. The number of rotatable bonds is 5. The number of aryl methyl sites for hydroxylation is 1. The van der Waals surface area contributed by atoms with Crippen molar-refractivity contribution in [2.24, 2.45) is 5.92 Å². The zero-order valence-electron chi connectivity index (χ0n) is 22.6. The number of Topliss-reactive ketones (excluding diaryl/α,β-unsaturated/α-hetero) is 1. The molecule has 1 saturated heterocycles. The fourth-order valence-corrected chi connectivity index (χ4v) is 5.24. The quantitative estimate of drug-likeness (QED) is 0.363. The summed E-state index contributed by atoms with van der Waals surface area (Å²) in [6.07, 6.45) is 3.59. The highest BCUT2D eigenvalue weighted by Crippen LogP contribution is 2.39. The Bertz CT molecular complexity index is 1270. The zero-order valence-corrected chi connectivity index (χ0v) is 22.6. The number of likely N-dealkylation sites (tertiary alicyclic amines) is 1. The van der Waals surface area contributed by atoms with E-state index in [1.54, 1.807) is 24.8 Å². The summed E-state index contributed by atoms with van der Waals surface area (Å²) in [4.78, 5) is 27.2. The van der Waals surface area contributed by atoms with E-state index >= 15 is 0 Å². The van der Waals surface area contributed by atoms with Crippen molar-refractivity contribution in [3.8, 4) is 5.75 Å². The fraction of sp³-hybridized carbons (Fsp3) is 0.467. The summed E-state index contributed by atoms with van der Waals surface area (Å²) < 4.78 is 13.1. The molecule has 1 aliphatic rings. The van der Waals surface area contributed by atoms with Gasteiger partial charge in [-0.05, 0) is 83.2 Å². The van der Waals surface area contributed by atoms with Crippen molar-refractivity contribution in [3.63, 3.8) is 0 Å². The first kappa shape index (κ1) is 26.0. The molecule has 6 heteroatoms. The van der Waals surface area contributed by atoms with Crippen molar-refractivity contribution in [2.45, 2.75) is 72.6 Å². The van der Waals surface area contributed by atoms with Gasteiger partial charge in [-0.15, -0.1) is 0 Å². The first-order valence-corrected chi connectivity index (χ1v) is 12.7. The van der Waals surface area contributed by atoms with Gasteiger partial charge >= 0.3 is 6.09 Å². The summed E-state index contributed by atoms with van der Waals surface area (Å²) in [7, 11) is 1.70. The standard InChI is InChI=1S/C30H38N2O4/c1-19-12-14-31(26(16-19)23-10-8-22(9-11-23)21(3)33)18-25-24-13-15-32(29(34)36-30(4,5)6)28(24)20(2)17-27(25)35-7/h8-11,13,15,17,19,26H,12,14,16,18H2,1-7H3. The van der Waals surface area contributed by atoms with Gasteiger partial charge in [0.25, 0.3) is 0 Å². The second-order valence-corrected chi connectivity index (χ2v) is 11.1. The number of hydrogen-bond donors (Lipinski definition) is 0. The van der Waals surface area contributed by atoms with Crippen molar-refractivity contribution in [1.29, 1.82) is 0 Å². The number of piperidine rings is 1. The van der Waals surface area contributed by atoms with Crippen LogP contribution >= 0.6 is 0 Å². The maximum absolute atomic E-state index is 13.0. The van der Waals surface area contributed by atoms with Crippen LogP contribution in [0.25, 0.3) is 10.9 Å². The molecule has 0 spiro atoms. The Labute approximate surface area is 214 Å². The van der Waals surface area contributed by atoms with Crippen LogP contribution in [0.15, 0.2) is 42.6 Å². The average Bonchev–Trinajstić information content (AvgIpc) is 3.27. The van der Waals surface area contributed by atoms with E-state index in [2.05, 4.69) is 24.0 Å². The second-order valence-electron chi connectivity index (χ2n) is 11.1. The summed E-state index contributed by atoms with van der Waals surface area (Å²) in [6, 6.07) is 12.3. The van der Waals surface area contributed by atoms with Crippen LogP contribution in [-0.4, -0.2) is 40.6 Å². The van der Waals surface area contributed by atoms with Gasteiger partial charge in [0.15, 0.2) is 5.78 Å². The number of ketones is 1. The number of hydrogen-bond acceptors (Lipinski definition) is 5. The van der Waals surface area contributed by atoms with Gasteiger partial charge in [-0.2, -0.15) is 0 Å². The van der Waals surface area contributed by atoms with Crippen molar-refractivity contribution in [1.82, 2.24) is 9.47 Å². The lowest BCUT2D eigenvalue weighted by molar-refractivity contribution is 0.0544. The van der Waals surface area contributed by atoms with Crippen LogP contribution in [0.3, 0.4) is 0 Å². The fourth-order valence-electron chi connectivity index (χ4n) is 5.24. The molecular weight excluding hydrogens is 452 g/mol. The largest absolute Gasteiger partial charge is 0.496 e. The van der Waals surface area contributed by atoms with Crippen LogP contribution in [0, 0.1) is 12.8 Å². The van der Waals surface area contributed by atoms with Crippen molar-refractivity contribution < 1.29 is 19.1 Å². The minimum atomic E-state index is -0.577. The third kappa shape index (κ3) is 5.34. The number of nitrogens with zero attached hydrogens (tertiary/aromatic N) is 2. The molecule has 2 aromatic carbocycles. The van der Waals surface area contributed by atoms with Gasteiger partial charge < -0.3 is 9.47 Å². The molecule has 3 aromatic rings. The molecule has 1 aromatic heterocycles. The topological polar surface area (TPSA) is 60.8 Å². The molecule has 0 radical (unpaired) electrons. The van der Waals surface area contributed by atoms with Gasteiger partial charge in [-0.25, -0.2) is 4.79 Å². The van der Waals surface area contributed by atoms with Crippen molar-refractivity contribution in [2.75, 3.05) is 13.7 Å². The van der Waals surface area contributed by atoms with Gasteiger partial charge in [0.2, 0.25) is 0 Å². The Balaban J connectivity index is 1.73. The van der Waals surface area contributed by atoms with Gasteiger partial charge in [0, 0.05) is 35.3 Å². The smallest absolute Gasteiger partial charge is 0.419 e. The van der Waals surface area contributed by atoms with E-state index in [4.69, 9.17) is 9.47 Å². The predicted molar refractivity (Wildman–Crippen MR) is 143 cm³/mol. The minimum absolute atomic E-state index is 0.0803. The van der Waals surface area contributed by atoms with Crippen LogP contribution in [0.2, 0.25) is 0 Å². The number of fused-ring (bicyclic) bond motifs is 1. The van der Waals surface area contributed by atoms with E-state index < -0.39 is 5.60 Å². The number of aromatic nitrogens is 1. The number of carbonyl (C=O) groups is 2. The molecule has 0 saturated carbocycles. The van der Waals surface area contributed by atoms with Crippen LogP contribution in [0.1, 0.15) is 80.6 Å². The summed E-state index contributed by atoms with van der Waals surface area (Å²) in [5.41, 5.74) is 4.27. The predicted octanol–water partition coefficient (Wildman–Crippen LogP) is 6.92. The van der Waals surface area contributed by atoms with Gasteiger partial charge in [-0.1, -0.05) is 31.2 Å². The Morgan fingerprint density at radius 3 is 2.42 bits per heavy atom. The monoisotopic (exact) mass is 490 g/mol. The summed E-state index contributed by atoms with van der Waals surface area (Å²) in [5, 5.41) is 1.00. The number of methoxy groups -OCH3 is 1. The second kappa shape index (κ2) is 10.1. The maximum atomic E-state index is 13.0.